The summed E-state index contributed by atoms with van der Waals surface area (Å²) in [5.74, 6) is 0. The molecule has 0 saturated carbocycles. The maximum Gasteiger partial charge on any atom is 0.303 e. The predicted octanol–water partition coefficient (Wildman–Crippen LogP) is 1.37. The van der Waals surface area contributed by atoms with Crippen LogP contribution in [-0.4, -0.2) is 23.5 Å². The van der Waals surface area contributed by atoms with Gasteiger partial charge in [-0.2, -0.15) is 13.2 Å². The number of benzene rings is 1. The molecular weight excluding hydrogens is 228 g/mol. The lowest BCUT2D eigenvalue weighted by Crippen LogP contribution is -2.08. The van der Waals surface area contributed by atoms with Gasteiger partial charge in [0.1, 0.15) is 0 Å². The van der Waals surface area contributed by atoms with Gasteiger partial charge in [-0.3, -0.25) is 4.55 Å². The largest absolute Gasteiger partial charge is 0.361 e. The molecule has 1 aromatic rings. The summed E-state index contributed by atoms with van der Waals surface area (Å²) in [5, 5.41) is 0. The Bertz CT molecular complexity index is 625. The van der Waals surface area contributed by atoms with E-state index in [2.05, 4.69) is 4.79 Å². The van der Waals surface area contributed by atoms with E-state index in [-0.39, 0.29) is 4.90 Å². The fourth-order valence-corrected chi connectivity index (χ4v) is 2.12. The molecule has 0 heterocycles. The van der Waals surface area contributed by atoms with Crippen LogP contribution in [0.3, 0.4) is 0 Å². The number of rotatable bonds is 1. The molecule has 0 unspecified atom stereocenters. The third-order valence-electron chi connectivity index (χ3n) is 2.36. The van der Waals surface area contributed by atoms with E-state index in [1.54, 1.807) is 12.2 Å². The molecule has 1 aliphatic rings. The summed E-state index contributed by atoms with van der Waals surface area (Å²) in [4.78, 5) is 2.96. The fourth-order valence-electron chi connectivity index (χ4n) is 1.60. The topological polar surface area (TPSA) is 90.8 Å². The van der Waals surface area contributed by atoms with E-state index in [0.717, 1.165) is 0 Å². The van der Waals surface area contributed by atoms with E-state index in [0.29, 0.717) is 23.3 Å². The highest BCUT2D eigenvalue weighted by Gasteiger charge is 2.20. The van der Waals surface area contributed by atoms with Crippen LogP contribution in [-0.2, 0) is 10.1 Å². The van der Waals surface area contributed by atoms with Crippen molar-refractivity contribution in [3.05, 3.63) is 40.9 Å². The summed E-state index contributed by atoms with van der Waals surface area (Å²) in [5.41, 5.74) is 10.5. The van der Waals surface area contributed by atoms with E-state index in [4.69, 9.17) is 10.1 Å². The Hall–Kier alpha value is -1.75. The number of hydrogen-bond donors (Lipinski definition) is 1. The monoisotopic (exact) mass is 236 g/mol. The van der Waals surface area contributed by atoms with Crippen LogP contribution in [0.1, 0.15) is 17.5 Å². The van der Waals surface area contributed by atoms with E-state index in [9.17, 15) is 8.42 Å². The highest BCUT2D eigenvalue weighted by atomic mass is 32.2. The maximum atomic E-state index is 10.9. The average Bonchev–Trinajstić information content (AvgIpc) is 2.26. The summed E-state index contributed by atoms with van der Waals surface area (Å²) in [6, 6.07) is 4.13. The average molecular weight is 236 g/mol. The van der Waals surface area contributed by atoms with Crippen molar-refractivity contribution in [3.8, 4) is 0 Å². The summed E-state index contributed by atoms with van der Waals surface area (Å²) in [6.45, 7) is 0. The van der Waals surface area contributed by atoms with Crippen molar-refractivity contribution in [2.75, 3.05) is 0 Å². The van der Waals surface area contributed by atoms with E-state index < -0.39 is 10.1 Å². The Kier molecular flexibility index (Phi) is 2.47. The van der Waals surface area contributed by atoms with Gasteiger partial charge in [-0.1, -0.05) is 12.2 Å². The molecule has 0 amide bonds. The van der Waals surface area contributed by atoms with Crippen LogP contribution in [0.25, 0.3) is 11.6 Å². The first-order valence-electron chi connectivity index (χ1n) is 4.52. The molecule has 0 atom stereocenters. The SMILES string of the molecule is [N-]=[N+]=C1CC=Cc2cc(S(=O)(=O)O)ccc21. The minimum absolute atomic E-state index is 0.171. The van der Waals surface area contributed by atoms with Crippen molar-refractivity contribution >= 4 is 21.9 Å². The van der Waals surface area contributed by atoms with Crippen LogP contribution >= 0.6 is 0 Å². The van der Waals surface area contributed by atoms with Gasteiger partial charge in [0.2, 0.25) is 0 Å². The summed E-state index contributed by atoms with van der Waals surface area (Å²) in [6.07, 6.45) is 3.97. The van der Waals surface area contributed by atoms with Gasteiger partial charge in [-0.15, -0.1) is 0 Å². The molecule has 1 aliphatic carbocycles. The van der Waals surface area contributed by atoms with Crippen molar-refractivity contribution in [1.29, 1.82) is 0 Å². The van der Waals surface area contributed by atoms with Crippen molar-refractivity contribution in [2.24, 2.45) is 0 Å². The molecule has 5 nitrogen and oxygen atoms in total. The van der Waals surface area contributed by atoms with Gasteiger partial charge in [-0.25, -0.2) is 0 Å². The van der Waals surface area contributed by atoms with Gasteiger partial charge in [0.15, 0.2) is 0 Å². The Morgan fingerprint density at radius 3 is 2.75 bits per heavy atom. The first kappa shape index (κ1) is 10.8. The number of allylic oxidation sites excluding steroid dienone is 1. The molecule has 1 aromatic carbocycles. The van der Waals surface area contributed by atoms with Gasteiger partial charge in [0.05, 0.1) is 16.9 Å². The normalized spacial score (nSPS) is 14.4. The molecule has 0 radical (unpaired) electrons. The van der Waals surface area contributed by atoms with E-state index in [1.165, 1.54) is 18.2 Å². The lowest BCUT2D eigenvalue weighted by atomic mass is 9.96. The quantitative estimate of drug-likeness (QED) is 0.453. The molecule has 1 N–H and O–H groups in total. The Balaban J connectivity index is 2.66. The minimum atomic E-state index is -4.20. The summed E-state index contributed by atoms with van der Waals surface area (Å²) >= 11 is 0. The highest BCUT2D eigenvalue weighted by Crippen LogP contribution is 2.22. The van der Waals surface area contributed by atoms with Gasteiger partial charge < -0.3 is 5.53 Å². The Morgan fingerprint density at radius 2 is 2.12 bits per heavy atom. The zero-order valence-electron chi connectivity index (χ0n) is 8.16. The highest BCUT2D eigenvalue weighted by molar-refractivity contribution is 7.85. The maximum absolute atomic E-state index is 10.9. The molecule has 82 valence electrons. The van der Waals surface area contributed by atoms with Gasteiger partial charge in [-0.05, 0) is 23.8 Å². The number of hydrogen-bond acceptors (Lipinski definition) is 2. The minimum Gasteiger partial charge on any atom is -0.361 e. The third-order valence-corrected chi connectivity index (χ3v) is 3.21. The number of fused-ring (bicyclic) bond motifs is 1. The second-order valence-electron chi connectivity index (χ2n) is 3.38. The first-order valence-corrected chi connectivity index (χ1v) is 5.96. The predicted molar refractivity (Wildman–Crippen MR) is 57.6 cm³/mol. The molecule has 16 heavy (non-hydrogen) atoms. The van der Waals surface area contributed by atoms with Crippen LogP contribution in [0.4, 0.5) is 0 Å². The van der Waals surface area contributed by atoms with Crippen molar-refractivity contribution in [2.45, 2.75) is 11.3 Å². The van der Waals surface area contributed by atoms with Crippen LogP contribution in [0, 0.1) is 0 Å². The zero-order chi connectivity index (χ0) is 11.8. The molecule has 0 aromatic heterocycles. The second kappa shape index (κ2) is 3.68. The molecule has 6 heteroatoms. The van der Waals surface area contributed by atoms with Gasteiger partial charge in [0.25, 0.3) is 10.1 Å². The second-order valence-corrected chi connectivity index (χ2v) is 4.80. The van der Waals surface area contributed by atoms with E-state index in [1.807, 2.05) is 0 Å². The molecule has 0 aliphatic heterocycles. The summed E-state index contributed by atoms with van der Waals surface area (Å²) in [7, 11) is -4.20. The zero-order valence-corrected chi connectivity index (χ0v) is 8.98. The molecular formula is C10H8N2O3S. The van der Waals surface area contributed by atoms with Crippen molar-refractivity contribution in [1.82, 2.24) is 0 Å². The van der Waals surface area contributed by atoms with Crippen LogP contribution in [0.2, 0.25) is 0 Å². The standard InChI is InChI=1S/C10H8N2O3S/c11-12-10-3-1-2-7-6-8(16(13,14)15)4-5-9(7)10/h1-2,4-6H,3H2,(H,13,14,15). The lowest BCUT2D eigenvalue weighted by molar-refractivity contribution is -0.00607. The molecule has 0 spiro atoms. The van der Waals surface area contributed by atoms with E-state index >= 15 is 0 Å². The smallest absolute Gasteiger partial charge is 0.303 e. The van der Waals surface area contributed by atoms with Crippen LogP contribution in [0.15, 0.2) is 29.2 Å². The van der Waals surface area contributed by atoms with Crippen LogP contribution < -0.4 is 0 Å². The van der Waals surface area contributed by atoms with Gasteiger partial charge >= 0.3 is 5.71 Å². The fraction of sp³-hybridized carbons (Fsp3) is 0.100. The lowest BCUT2D eigenvalue weighted by Gasteiger charge is -2.07. The van der Waals surface area contributed by atoms with Gasteiger partial charge in [0, 0.05) is 0 Å². The molecule has 2 rings (SSSR count). The Morgan fingerprint density at radius 1 is 1.38 bits per heavy atom. The molecule has 0 saturated heterocycles. The van der Waals surface area contributed by atoms with Crippen molar-refractivity contribution < 1.29 is 17.8 Å². The van der Waals surface area contributed by atoms with Crippen LogP contribution in [0.5, 0.6) is 0 Å². The number of nitrogens with zero attached hydrogens (tertiary/aromatic N) is 2. The van der Waals surface area contributed by atoms with Crippen molar-refractivity contribution in [3.63, 3.8) is 0 Å². The molecule has 0 fully saturated rings. The third kappa shape index (κ3) is 1.81. The molecule has 0 bridgehead atoms. The first-order chi connectivity index (χ1) is 7.52. The Labute approximate surface area is 92.4 Å². The summed E-state index contributed by atoms with van der Waals surface area (Å²) < 4.78 is 30.7.